The number of nitrogens with one attached hydrogen (secondary N) is 2. The predicted octanol–water partition coefficient (Wildman–Crippen LogP) is 4.31. The van der Waals surface area contributed by atoms with Crippen LogP contribution < -0.4 is 20.1 Å². The molecule has 1 saturated carbocycles. The van der Waals surface area contributed by atoms with E-state index >= 15 is 0 Å². The third kappa shape index (κ3) is 7.61. The van der Waals surface area contributed by atoms with Crippen LogP contribution >= 0.6 is 11.8 Å². The zero-order valence-corrected chi connectivity index (χ0v) is 28.5. The number of pyridine rings is 1. The molecular weight excluding hydrogens is 624 g/mol. The Balaban J connectivity index is 1.50. The minimum atomic E-state index is -1.44. The van der Waals surface area contributed by atoms with Crippen molar-refractivity contribution >= 4 is 46.4 Å². The first kappa shape index (κ1) is 34.3. The normalized spacial score (nSPS) is 28.5. The highest BCUT2D eigenvalue weighted by Gasteiger charge is 2.61. The van der Waals surface area contributed by atoms with Crippen molar-refractivity contribution in [1.29, 1.82) is 0 Å². The summed E-state index contributed by atoms with van der Waals surface area (Å²) in [7, 11) is 1.58. The van der Waals surface area contributed by atoms with Gasteiger partial charge in [-0.15, -0.1) is 0 Å². The van der Waals surface area contributed by atoms with Crippen molar-refractivity contribution in [3.05, 3.63) is 42.6 Å². The fourth-order valence-corrected chi connectivity index (χ4v) is 7.32. The molecule has 1 aromatic heterocycles. The average molecular weight is 669 g/mol. The number of alkyl carbamates (subject to hydrolysis) is 1. The summed E-state index contributed by atoms with van der Waals surface area (Å²) in [5.74, 6) is -0.850. The molecule has 3 N–H and O–H groups in total. The second-order valence-corrected chi connectivity index (χ2v) is 15.6. The maximum absolute atomic E-state index is 14.6. The Morgan fingerprint density at radius 2 is 1.96 bits per heavy atom. The van der Waals surface area contributed by atoms with Gasteiger partial charge in [-0.1, -0.05) is 12.2 Å². The van der Waals surface area contributed by atoms with Gasteiger partial charge in [0.2, 0.25) is 17.7 Å². The number of benzene rings is 1. The lowest BCUT2D eigenvalue weighted by molar-refractivity contribution is -0.145. The van der Waals surface area contributed by atoms with E-state index in [1.807, 2.05) is 44.2 Å². The van der Waals surface area contributed by atoms with Crippen LogP contribution in [0.15, 0.2) is 42.6 Å². The maximum Gasteiger partial charge on any atom is 0.408 e. The lowest BCUT2D eigenvalue weighted by Crippen LogP contribution is -2.61. The second kappa shape index (κ2) is 13.2. The first-order valence-corrected chi connectivity index (χ1v) is 16.9. The maximum atomic E-state index is 14.6. The number of carbonyl (C=O) groups is 4. The van der Waals surface area contributed by atoms with E-state index in [1.54, 1.807) is 51.9 Å². The lowest BCUT2D eigenvalue weighted by atomic mass is 10.0. The highest BCUT2D eigenvalue weighted by Crippen LogP contribution is 2.45. The monoisotopic (exact) mass is 668 g/mol. The van der Waals surface area contributed by atoms with Crippen molar-refractivity contribution in [1.82, 2.24) is 20.5 Å². The highest BCUT2D eigenvalue weighted by atomic mass is 32.2. The molecule has 1 aliphatic carbocycles. The summed E-state index contributed by atoms with van der Waals surface area (Å²) >= 11 is 1.54. The van der Waals surface area contributed by atoms with Gasteiger partial charge in [-0.25, -0.2) is 14.6 Å². The molecule has 0 spiro atoms. The molecule has 2 aromatic rings. The molecule has 3 amide bonds. The summed E-state index contributed by atoms with van der Waals surface area (Å²) < 4.78 is 16.5. The van der Waals surface area contributed by atoms with Crippen molar-refractivity contribution in [3.63, 3.8) is 0 Å². The summed E-state index contributed by atoms with van der Waals surface area (Å²) in [4.78, 5) is 59.9. The van der Waals surface area contributed by atoms with Crippen LogP contribution in [0.4, 0.5) is 4.79 Å². The number of carbonyl (C=O) groups excluding carboxylic acids is 3. The zero-order valence-electron chi connectivity index (χ0n) is 27.7. The van der Waals surface area contributed by atoms with Gasteiger partial charge >= 0.3 is 12.1 Å². The minimum absolute atomic E-state index is 0.0157. The predicted molar refractivity (Wildman–Crippen MR) is 178 cm³/mol. The van der Waals surface area contributed by atoms with E-state index in [2.05, 4.69) is 15.6 Å². The number of fused-ring (bicyclic) bond motifs is 3. The molecule has 5 rings (SSSR count). The fourth-order valence-electron chi connectivity index (χ4n) is 6.15. The number of hydrogen-bond acceptors (Lipinski definition) is 9. The molecule has 13 heteroatoms. The minimum Gasteiger partial charge on any atom is -0.497 e. The smallest absolute Gasteiger partial charge is 0.408 e. The van der Waals surface area contributed by atoms with Gasteiger partial charge in [-0.3, -0.25) is 9.59 Å². The largest absolute Gasteiger partial charge is 0.497 e. The Hall–Kier alpha value is -4.00. The fraction of sp³-hybridized carbons (Fsp3) is 0.559. The number of amides is 3. The van der Waals surface area contributed by atoms with E-state index in [4.69, 9.17) is 14.2 Å². The molecule has 12 nitrogen and oxygen atoms in total. The summed E-state index contributed by atoms with van der Waals surface area (Å²) in [6, 6.07) is 5.20. The Bertz CT molecular complexity index is 1570. The number of rotatable bonds is 5. The van der Waals surface area contributed by atoms with E-state index in [0.717, 1.165) is 17.2 Å². The highest BCUT2D eigenvalue weighted by molar-refractivity contribution is 8.00. The van der Waals surface area contributed by atoms with Gasteiger partial charge in [-0.2, -0.15) is 11.8 Å². The number of aromatic nitrogens is 1. The summed E-state index contributed by atoms with van der Waals surface area (Å²) in [5, 5.41) is 17.3. The number of thioether (sulfide) groups is 1. The molecule has 1 aromatic carbocycles. The molecule has 2 fully saturated rings. The molecule has 47 heavy (non-hydrogen) atoms. The van der Waals surface area contributed by atoms with Crippen LogP contribution in [0, 0.1) is 5.92 Å². The van der Waals surface area contributed by atoms with Crippen LogP contribution in [0.5, 0.6) is 11.6 Å². The SMILES string of the molecule is COc1ccc2c(O[C@@H]3C[C@H]4C(=O)N[C@]5(C(=O)O)C[C@H]5/C=C\CCCSC(C)(C)[C@H](NC(=O)OC(C)(C)C)C(=O)N4C3)nccc2c1. The third-order valence-electron chi connectivity index (χ3n) is 8.77. The van der Waals surface area contributed by atoms with Crippen molar-refractivity contribution in [2.45, 2.75) is 94.4 Å². The third-order valence-corrected chi connectivity index (χ3v) is 10.2. The second-order valence-electron chi connectivity index (χ2n) is 13.9. The molecule has 0 bridgehead atoms. The number of methoxy groups -OCH3 is 1. The Morgan fingerprint density at radius 1 is 1.19 bits per heavy atom. The summed E-state index contributed by atoms with van der Waals surface area (Å²) in [6.07, 6.45) is 5.88. The van der Waals surface area contributed by atoms with Crippen LogP contribution in [-0.4, -0.2) is 92.3 Å². The van der Waals surface area contributed by atoms with E-state index in [-0.39, 0.29) is 25.3 Å². The van der Waals surface area contributed by atoms with Crippen LogP contribution in [0.3, 0.4) is 0 Å². The molecular formula is C34H44N4O8S. The number of aliphatic carboxylic acids is 1. The lowest BCUT2D eigenvalue weighted by Gasteiger charge is -2.37. The van der Waals surface area contributed by atoms with Gasteiger partial charge in [-0.05, 0) is 89.3 Å². The van der Waals surface area contributed by atoms with E-state index in [9.17, 15) is 24.3 Å². The Morgan fingerprint density at radius 3 is 2.66 bits per heavy atom. The quantitative estimate of drug-likeness (QED) is 0.393. The number of hydrogen-bond donors (Lipinski definition) is 3. The molecule has 3 heterocycles. The number of ether oxygens (including phenoxy) is 3. The first-order chi connectivity index (χ1) is 22.1. The van der Waals surface area contributed by atoms with Crippen LogP contribution in [0.25, 0.3) is 10.8 Å². The van der Waals surface area contributed by atoms with Crippen LogP contribution in [0.1, 0.15) is 60.3 Å². The van der Waals surface area contributed by atoms with Gasteiger partial charge in [0.15, 0.2) is 0 Å². The topological polar surface area (TPSA) is 156 Å². The van der Waals surface area contributed by atoms with Crippen molar-refractivity contribution in [2.24, 2.45) is 5.92 Å². The molecule has 5 atom stereocenters. The van der Waals surface area contributed by atoms with Gasteiger partial charge in [0.05, 0.1) is 13.7 Å². The van der Waals surface area contributed by atoms with E-state index in [1.165, 1.54) is 4.90 Å². The number of nitrogens with zero attached hydrogens (tertiary/aromatic N) is 2. The molecule has 2 aliphatic heterocycles. The van der Waals surface area contributed by atoms with Crippen LogP contribution in [-0.2, 0) is 19.1 Å². The van der Waals surface area contributed by atoms with Crippen molar-refractivity contribution < 1.29 is 38.5 Å². The summed E-state index contributed by atoms with van der Waals surface area (Å²) in [5.41, 5.74) is -2.24. The molecule has 0 radical (unpaired) electrons. The first-order valence-electron chi connectivity index (χ1n) is 15.9. The number of carboxylic acids is 1. The standard InChI is InChI=1S/C34H44N4O8S/c1-32(2,3)46-31(43)36-26-29(40)38-19-23(45-28-24-12-11-22(44-6)16-20(24)13-14-35-28)17-25(38)27(39)37-34(30(41)42)18-21(34)10-8-7-9-15-47-33(26,4)5/h8,10-14,16,21,23,25-26H,7,9,15,17-19H2,1-6H3,(H,36,43)(H,37,39)(H,41,42)/b10-8-/t21-,23-,25+,26-,34-/m1/s1. The van der Waals surface area contributed by atoms with Gasteiger partial charge < -0.3 is 34.9 Å². The van der Waals surface area contributed by atoms with Crippen LogP contribution in [0.2, 0.25) is 0 Å². The van der Waals surface area contributed by atoms with E-state index in [0.29, 0.717) is 23.8 Å². The number of carboxylic acid groups (broad SMARTS) is 1. The van der Waals surface area contributed by atoms with Crippen molar-refractivity contribution in [3.8, 4) is 11.6 Å². The molecule has 1 saturated heterocycles. The average Bonchev–Trinajstić information content (AvgIpc) is 3.53. The Labute approximate surface area is 279 Å². The molecule has 3 aliphatic rings. The van der Waals surface area contributed by atoms with E-state index < -0.39 is 58.0 Å². The Kier molecular flexibility index (Phi) is 9.68. The molecule has 0 unspecified atom stereocenters. The molecule has 254 valence electrons. The zero-order chi connectivity index (χ0) is 34.1. The van der Waals surface area contributed by atoms with Gasteiger partial charge in [0.25, 0.3) is 0 Å². The van der Waals surface area contributed by atoms with Gasteiger partial charge in [0.1, 0.15) is 35.1 Å². The summed E-state index contributed by atoms with van der Waals surface area (Å²) in [6.45, 7) is 8.99. The van der Waals surface area contributed by atoms with Gasteiger partial charge in [0, 0.05) is 28.7 Å². The number of allylic oxidation sites excluding steroid dienone is 1. The van der Waals surface area contributed by atoms with Crippen molar-refractivity contribution in [2.75, 3.05) is 19.4 Å².